The molecule has 3 N–H and O–H groups in total. The van der Waals surface area contributed by atoms with Crippen LogP contribution in [-0.4, -0.2) is 17.7 Å². The number of rotatable bonds is 0. The van der Waals surface area contributed by atoms with Crippen molar-refractivity contribution in [1.82, 2.24) is 0 Å². The van der Waals surface area contributed by atoms with E-state index in [2.05, 4.69) is 0 Å². The van der Waals surface area contributed by atoms with Gasteiger partial charge in [0.1, 0.15) is 0 Å². The van der Waals surface area contributed by atoms with E-state index in [0.717, 1.165) is 7.11 Å². The molecule has 0 aliphatic heterocycles. The van der Waals surface area contributed by atoms with Gasteiger partial charge in [-0.15, -0.1) is 24.8 Å². The summed E-state index contributed by atoms with van der Waals surface area (Å²) >= 11 is 0. The smallest absolute Gasteiger partial charge is 0.0319 e. The Morgan fingerprint density at radius 3 is 1.00 bits per heavy atom. The molecule has 4 heteroatoms. The summed E-state index contributed by atoms with van der Waals surface area (Å²) in [6, 6.07) is 0. The molecule has 0 amide bonds. The maximum absolute atomic E-state index is 7.00. The second-order valence-electron chi connectivity index (χ2n) is 0. The molecule has 0 radical (unpaired) electrons. The van der Waals surface area contributed by atoms with Gasteiger partial charge in [-0.05, 0) is 0 Å². The van der Waals surface area contributed by atoms with Gasteiger partial charge in [-0.25, -0.2) is 0 Å². The Morgan fingerprint density at radius 2 is 1.00 bits per heavy atom. The van der Waals surface area contributed by atoms with Crippen LogP contribution in [0.1, 0.15) is 0 Å². The van der Waals surface area contributed by atoms with E-state index >= 15 is 0 Å². The highest BCUT2D eigenvalue weighted by atomic mass is 35.5. The molecule has 38 valence electrons. The molecule has 0 aromatic carbocycles. The van der Waals surface area contributed by atoms with Gasteiger partial charge in [0.05, 0.1) is 0 Å². The van der Waals surface area contributed by atoms with E-state index in [0.29, 0.717) is 0 Å². The van der Waals surface area contributed by atoms with E-state index < -0.39 is 0 Å². The molecule has 0 fully saturated rings. The molecule has 0 aliphatic rings. The van der Waals surface area contributed by atoms with Crippen LogP contribution < -0.4 is 0 Å². The maximum Gasteiger partial charge on any atom is 0.0319 e. The molecule has 0 heterocycles. The molecule has 0 rings (SSSR count). The zero-order valence-electron chi connectivity index (χ0n) is 2.76. The third-order valence-corrected chi connectivity index (χ3v) is 0. The van der Waals surface area contributed by atoms with Gasteiger partial charge >= 0.3 is 0 Å². The lowest BCUT2D eigenvalue weighted by molar-refractivity contribution is 0.399. The summed E-state index contributed by atoms with van der Waals surface area (Å²) in [5, 5.41) is 7.00. The molecule has 0 spiro atoms. The van der Waals surface area contributed by atoms with Crippen molar-refractivity contribution in [3.05, 3.63) is 0 Å². The minimum Gasteiger partial charge on any atom is -0.412 e. The van der Waals surface area contributed by atoms with Crippen molar-refractivity contribution in [3.8, 4) is 0 Å². The highest BCUT2D eigenvalue weighted by Crippen LogP contribution is 0.755. The molecule has 0 aliphatic carbocycles. The van der Waals surface area contributed by atoms with Crippen molar-refractivity contribution >= 4 is 24.8 Å². The van der Waals surface area contributed by atoms with Crippen molar-refractivity contribution in [2.45, 2.75) is 0 Å². The van der Waals surface area contributed by atoms with E-state index in [1.54, 1.807) is 0 Å². The second kappa shape index (κ2) is 221. The molecule has 2 nitrogen and oxygen atoms in total. The Bertz CT molecular complexity index is 7.61. The predicted octanol–water partition coefficient (Wildman–Crippen LogP) is -0.373. The first-order valence-electron chi connectivity index (χ1n) is 0.447. The maximum atomic E-state index is 7.00. The summed E-state index contributed by atoms with van der Waals surface area (Å²) in [7, 11) is 1.00. The Labute approximate surface area is 43.3 Å². The molecular formula is CH8Cl2O2. The minimum absolute atomic E-state index is 0. The number of aliphatic hydroxyl groups is 1. The fourth-order valence-corrected chi connectivity index (χ4v) is 0. The van der Waals surface area contributed by atoms with Gasteiger partial charge in [0.2, 0.25) is 0 Å². The average Bonchev–Trinajstić information content (AvgIpc) is 1.00. The third-order valence-electron chi connectivity index (χ3n) is 0. The SMILES string of the molecule is CO.Cl.Cl.O. The lowest BCUT2D eigenvalue weighted by Crippen LogP contribution is -1.25. The number of aliphatic hydroxyl groups excluding tert-OH is 1. The molecule has 0 bridgehead atoms. The molecule has 0 unspecified atom stereocenters. The number of hydrogen-bond acceptors (Lipinski definition) is 1. The van der Waals surface area contributed by atoms with Crippen LogP contribution in [0.25, 0.3) is 0 Å². The molecule has 0 saturated heterocycles. The first-order valence-corrected chi connectivity index (χ1v) is 0.447. The molecule has 0 atom stereocenters. The molecule has 5 heavy (non-hydrogen) atoms. The van der Waals surface area contributed by atoms with Gasteiger partial charge in [0, 0.05) is 7.11 Å². The van der Waals surface area contributed by atoms with Crippen LogP contribution in [0.2, 0.25) is 0 Å². The topological polar surface area (TPSA) is 51.7 Å². The Balaban J connectivity index is -0.00000000167. The van der Waals surface area contributed by atoms with Gasteiger partial charge in [-0.1, -0.05) is 0 Å². The fourth-order valence-electron chi connectivity index (χ4n) is 0. The lowest BCUT2D eigenvalue weighted by atomic mass is 11.8. The predicted molar refractivity (Wildman–Crippen MR) is 26.3 cm³/mol. The van der Waals surface area contributed by atoms with Crippen molar-refractivity contribution < 1.29 is 10.6 Å². The zero-order valence-corrected chi connectivity index (χ0v) is 4.40. The van der Waals surface area contributed by atoms with Crippen LogP contribution >= 0.6 is 24.8 Å². The summed E-state index contributed by atoms with van der Waals surface area (Å²) in [6.07, 6.45) is 0. The van der Waals surface area contributed by atoms with Gasteiger partial charge in [-0.2, -0.15) is 0 Å². The highest BCUT2D eigenvalue weighted by molar-refractivity contribution is 5.85. The first kappa shape index (κ1) is 49.5. The van der Waals surface area contributed by atoms with Crippen molar-refractivity contribution in [2.24, 2.45) is 0 Å². The quantitative estimate of drug-likeness (QED) is 0.469. The standard InChI is InChI=1S/CH4O.2ClH.H2O/c1-2;;;/h2H,1H3;2*1H;1H2. The third kappa shape index (κ3) is 113. The van der Waals surface area contributed by atoms with Crippen LogP contribution in [0, 0.1) is 0 Å². The zero-order chi connectivity index (χ0) is 2.00. The molecule has 0 saturated carbocycles. The van der Waals surface area contributed by atoms with Crippen LogP contribution in [0.4, 0.5) is 0 Å². The summed E-state index contributed by atoms with van der Waals surface area (Å²) < 4.78 is 0. The largest absolute Gasteiger partial charge is 0.412 e. The van der Waals surface area contributed by atoms with Crippen LogP contribution in [-0.2, 0) is 0 Å². The highest BCUT2D eigenvalue weighted by Gasteiger charge is 0.839. The van der Waals surface area contributed by atoms with Crippen molar-refractivity contribution in [2.75, 3.05) is 7.11 Å². The summed E-state index contributed by atoms with van der Waals surface area (Å²) in [5.74, 6) is 0. The van der Waals surface area contributed by atoms with E-state index in [1.165, 1.54) is 0 Å². The minimum atomic E-state index is 0. The molecule has 0 aromatic rings. The van der Waals surface area contributed by atoms with Crippen molar-refractivity contribution in [1.29, 1.82) is 0 Å². The van der Waals surface area contributed by atoms with Crippen LogP contribution in [0.15, 0.2) is 0 Å². The number of halogens is 2. The van der Waals surface area contributed by atoms with Gasteiger partial charge in [0.15, 0.2) is 0 Å². The van der Waals surface area contributed by atoms with E-state index in [1.807, 2.05) is 0 Å². The van der Waals surface area contributed by atoms with E-state index in [9.17, 15) is 0 Å². The van der Waals surface area contributed by atoms with Gasteiger partial charge in [0.25, 0.3) is 0 Å². The summed E-state index contributed by atoms with van der Waals surface area (Å²) in [5.41, 5.74) is 0. The lowest BCUT2D eigenvalue weighted by Gasteiger charge is -1.21. The second-order valence-corrected chi connectivity index (χ2v) is 0. The fraction of sp³-hybridized carbons (Fsp3) is 1.00. The van der Waals surface area contributed by atoms with Gasteiger partial charge < -0.3 is 10.6 Å². The Morgan fingerprint density at radius 1 is 1.00 bits per heavy atom. The summed E-state index contributed by atoms with van der Waals surface area (Å²) in [4.78, 5) is 0. The van der Waals surface area contributed by atoms with E-state index in [4.69, 9.17) is 5.11 Å². The van der Waals surface area contributed by atoms with Crippen molar-refractivity contribution in [3.63, 3.8) is 0 Å². The average molecular weight is 123 g/mol. The monoisotopic (exact) mass is 122 g/mol. The van der Waals surface area contributed by atoms with Crippen LogP contribution in [0.3, 0.4) is 0 Å². The number of hydrogen-bond donors (Lipinski definition) is 1. The van der Waals surface area contributed by atoms with E-state index in [-0.39, 0.29) is 30.3 Å². The Hall–Kier alpha value is 0.500. The molecular weight excluding hydrogens is 115 g/mol. The normalized spacial score (nSPS) is 1.20. The Kier molecular flexibility index (Phi) is 2180. The van der Waals surface area contributed by atoms with Crippen LogP contribution in [0.5, 0.6) is 0 Å². The summed E-state index contributed by atoms with van der Waals surface area (Å²) in [6.45, 7) is 0. The first-order chi connectivity index (χ1) is 1.00. The van der Waals surface area contributed by atoms with Gasteiger partial charge in [-0.3, -0.25) is 0 Å². The molecule has 0 aromatic heterocycles.